The molecule has 6 heteroatoms. The summed E-state index contributed by atoms with van der Waals surface area (Å²) in [7, 11) is -0.661. The maximum absolute atomic E-state index is 13.6. The zero-order valence-electron chi connectivity index (χ0n) is 12.3. The molecule has 122 valence electrons. The van der Waals surface area contributed by atoms with Gasteiger partial charge in [-0.25, -0.2) is 4.39 Å². The van der Waals surface area contributed by atoms with Gasteiger partial charge < -0.3 is 4.74 Å². The molecule has 0 amide bonds. The number of hydrogen-bond donors (Lipinski definition) is 0. The first-order valence-electron chi connectivity index (χ1n) is 7.54. The lowest BCUT2D eigenvalue weighted by Gasteiger charge is -2.26. The van der Waals surface area contributed by atoms with Gasteiger partial charge in [0.1, 0.15) is 0 Å². The summed E-state index contributed by atoms with van der Waals surface area (Å²) in [6.45, 7) is 3.82. The summed E-state index contributed by atoms with van der Waals surface area (Å²) in [4.78, 5) is 0. The van der Waals surface area contributed by atoms with Crippen LogP contribution in [0.4, 0.5) is 17.6 Å². The van der Waals surface area contributed by atoms with Gasteiger partial charge in [-0.3, -0.25) is 0 Å². The highest BCUT2D eigenvalue weighted by Crippen LogP contribution is 2.31. The van der Waals surface area contributed by atoms with E-state index in [1.165, 1.54) is 18.9 Å². The molecule has 0 aliphatic heterocycles. The monoisotopic (exact) mass is 332 g/mol. The van der Waals surface area contributed by atoms with Gasteiger partial charge in [0.2, 0.25) is 0 Å². The molecule has 1 aliphatic rings. The van der Waals surface area contributed by atoms with Crippen LogP contribution in [0.2, 0.25) is 6.04 Å². The minimum absolute atomic E-state index is 0.620. The standard InChI is InChI=1S/C16H20F4OSi/c1-2-11-3-5-12(6-4-11)10-22-13-7-8-15(14(17)9-13)21-16(18,19)20/h2,7-9,11-12H,1,3-6,10,22H2. The van der Waals surface area contributed by atoms with Crippen molar-refractivity contribution in [1.82, 2.24) is 0 Å². The van der Waals surface area contributed by atoms with Gasteiger partial charge in [0.15, 0.2) is 11.6 Å². The Bertz CT molecular complexity index is 507. The lowest BCUT2D eigenvalue weighted by molar-refractivity contribution is -0.275. The van der Waals surface area contributed by atoms with Crippen molar-refractivity contribution in [1.29, 1.82) is 0 Å². The van der Waals surface area contributed by atoms with Gasteiger partial charge in [0.25, 0.3) is 0 Å². The second kappa shape index (κ2) is 7.31. The first kappa shape index (κ1) is 17.1. The van der Waals surface area contributed by atoms with Gasteiger partial charge in [-0.1, -0.05) is 36.2 Å². The molecule has 1 nitrogen and oxygen atoms in total. The van der Waals surface area contributed by atoms with Gasteiger partial charge in [0.05, 0.1) is 9.52 Å². The zero-order valence-corrected chi connectivity index (χ0v) is 13.7. The van der Waals surface area contributed by atoms with E-state index in [0.29, 0.717) is 11.8 Å². The van der Waals surface area contributed by atoms with E-state index in [-0.39, 0.29) is 0 Å². The van der Waals surface area contributed by atoms with E-state index in [2.05, 4.69) is 11.3 Å². The fourth-order valence-electron chi connectivity index (χ4n) is 2.99. The molecule has 1 aromatic rings. The molecule has 1 saturated carbocycles. The highest BCUT2D eigenvalue weighted by Gasteiger charge is 2.32. The minimum atomic E-state index is -4.86. The number of benzene rings is 1. The topological polar surface area (TPSA) is 9.23 Å². The quantitative estimate of drug-likeness (QED) is 0.451. The Balaban J connectivity index is 1.86. The van der Waals surface area contributed by atoms with Crippen molar-refractivity contribution < 1.29 is 22.3 Å². The first-order valence-corrected chi connectivity index (χ1v) is 9.25. The van der Waals surface area contributed by atoms with Crippen LogP contribution in [-0.4, -0.2) is 15.9 Å². The van der Waals surface area contributed by atoms with Crippen molar-refractivity contribution >= 4 is 14.7 Å². The maximum atomic E-state index is 13.6. The molecule has 0 saturated heterocycles. The van der Waals surface area contributed by atoms with Crippen molar-refractivity contribution in [3.63, 3.8) is 0 Å². The average molecular weight is 332 g/mol. The summed E-state index contributed by atoms with van der Waals surface area (Å²) in [5.41, 5.74) is 0. The SMILES string of the molecule is C=CC1CCC(C[SiH2]c2ccc(OC(F)(F)F)c(F)c2)CC1. The molecule has 0 heterocycles. The molecule has 1 aliphatic carbocycles. The minimum Gasteiger partial charge on any atom is -0.403 e. The van der Waals surface area contributed by atoms with Gasteiger partial charge >= 0.3 is 6.36 Å². The molecule has 0 radical (unpaired) electrons. The van der Waals surface area contributed by atoms with E-state index in [9.17, 15) is 17.6 Å². The molecule has 1 aromatic carbocycles. The molecule has 0 unspecified atom stereocenters. The number of ether oxygens (including phenoxy) is 1. The molecule has 0 N–H and O–H groups in total. The smallest absolute Gasteiger partial charge is 0.403 e. The lowest BCUT2D eigenvalue weighted by atomic mass is 9.83. The normalized spacial score (nSPS) is 22.9. The highest BCUT2D eigenvalue weighted by molar-refractivity contribution is 6.53. The van der Waals surface area contributed by atoms with E-state index in [0.717, 1.165) is 30.1 Å². The summed E-state index contributed by atoms with van der Waals surface area (Å²) >= 11 is 0. The van der Waals surface area contributed by atoms with Crippen molar-refractivity contribution in [2.24, 2.45) is 11.8 Å². The van der Waals surface area contributed by atoms with Gasteiger partial charge in [-0.05, 0) is 36.8 Å². The summed E-state index contributed by atoms with van der Waals surface area (Å²) in [6.07, 6.45) is 1.82. The van der Waals surface area contributed by atoms with E-state index >= 15 is 0 Å². The van der Waals surface area contributed by atoms with Crippen LogP contribution in [0.25, 0.3) is 0 Å². The summed E-state index contributed by atoms with van der Waals surface area (Å²) in [6, 6.07) is 4.91. The second-order valence-electron chi connectivity index (χ2n) is 5.87. The molecule has 22 heavy (non-hydrogen) atoms. The van der Waals surface area contributed by atoms with Crippen LogP contribution in [0, 0.1) is 17.7 Å². The van der Waals surface area contributed by atoms with Crippen molar-refractivity contribution in [3.8, 4) is 5.75 Å². The van der Waals surface area contributed by atoms with Crippen LogP contribution < -0.4 is 9.92 Å². The Labute approximate surface area is 130 Å². The number of rotatable bonds is 5. The summed E-state index contributed by atoms with van der Waals surface area (Å²) in [5.74, 6) is -0.402. The second-order valence-corrected chi connectivity index (χ2v) is 7.76. The molecule has 0 bridgehead atoms. The third kappa shape index (κ3) is 5.16. The predicted molar refractivity (Wildman–Crippen MR) is 81.7 cm³/mol. The van der Waals surface area contributed by atoms with Crippen LogP contribution in [-0.2, 0) is 0 Å². The first-order chi connectivity index (χ1) is 10.4. The average Bonchev–Trinajstić information content (AvgIpc) is 2.47. The number of halogens is 4. The molecular weight excluding hydrogens is 312 g/mol. The number of alkyl halides is 3. The predicted octanol–water partition coefficient (Wildman–Crippen LogP) is 3.93. The van der Waals surface area contributed by atoms with Gasteiger partial charge in [-0.15, -0.1) is 19.8 Å². The van der Waals surface area contributed by atoms with E-state index in [1.807, 2.05) is 6.08 Å². The fourth-order valence-corrected chi connectivity index (χ4v) is 4.92. The third-order valence-corrected chi connectivity index (χ3v) is 6.41. The highest BCUT2D eigenvalue weighted by atomic mass is 28.2. The maximum Gasteiger partial charge on any atom is 0.573 e. The molecule has 1 fully saturated rings. The molecule has 0 aromatic heterocycles. The van der Waals surface area contributed by atoms with Crippen LogP contribution in [0.15, 0.2) is 30.9 Å². The molecular formula is C16H20F4OSi. The van der Waals surface area contributed by atoms with E-state index in [1.54, 1.807) is 6.07 Å². The Hall–Kier alpha value is -1.30. The Morgan fingerprint density at radius 1 is 1.23 bits per heavy atom. The Morgan fingerprint density at radius 2 is 1.91 bits per heavy atom. The van der Waals surface area contributed by atoms with Crippen LogP contribution in [0.1, 0.15) is 25.7 Å². The van der Waals surface area contributed by atoms with Crippen molar-refractivity contribution in [2.45, 2.75) is 38.1 Å². The summed E-state index contributed by atoms with van der Waals surface area (Å²) in [5, 5.41) is 0.845. The van der Waals surface area contributed by atoms with Crippen molar-refractivity contribution in [2.75, 3.05) is 0 Å². The third-order valence-electron chi connectivity index (χ3n) is 4.29. The molecule has 0 atom stereocenters. The fraction of sp³-hybridized carbons (Fsp3) is 0.500. The molecule has 0 spiro atoms. The van der Waals surface area contributed by atoms with Crippen molar-refractivity contribution in [3.05, 3.63) is 36.7 Å². The Kier molecular flexibility index (Phi) is 5.67. The van der Waals surface area contributed by atoms with E-state index < -0.39 is 27.4 Å². The summed E-state index contributed by atoms with van der Waals surface area (Å²) < 4.78 is 53.5. The van der Waals surface area contributed by atoms with Crippen LogP contribution in [0.5, 0.6) is 5.75 Å². The number of allylic oxidation sites excluding steroid dienone is 1. The van der Waals surface area contributed by atoms with Crippen LogP contribution in [0.3, 0.4) is 0 Å². The lowest BCUT2D eigenvalue weighted by Crippen LogP contribution is -2.22. The van der Waals surface area contributed by atoms with E-state index in [4.69, 9.17) is 0 Å². The van der Waals surface area contributed by atoms with Gasteiger partial charge in [-0.2, -0.15) is 0 Å². The zero-order chi connectivity index (χ0) is 16.2. The number of hydrogen-bond acceptors (Lipinski definition) is 1. The largest absolute Gasteiger partial charge is 0.573 e. The molecule has 2 rings (SSSR count). The Morgan fingerprint density at radius 3 is 2.45 bits per heavy atom. The van der Waals surface area contributed by atoms with Gasteiger partial charge in [0, 0.05) is 0 Å². The van der Waals surface area contributed by atoms with Crippen LogP contribution >= 0.6 is 0 Å².